The first-order valence-electron chi connectivity index (χ1n) is 5.73. The molecule has 1 rings (SSSR count). The maximum absolute atomic E-state index is 12.5. The fourth-order valence-corrected chi connectivity index (χ4v) is 1.05. The number of benzene rings is 1. The zero-order chi connectivity index (χ0) is 13.0. The van der Waals surface area contributed by atoms with Crippen LogP contribution in [-0.2, 0) is 0 Å². The minimum absolute atomic E-state index is 0.199. The van der Waals surface area contributed by atoms with E-state index in [0.717, 1.165) is 12.1 Å². The molecule has 16 heavy (non-hydrogen) atoms. The number of aryl methyl sites for hydroxylation is 1. The minimum Gasteiger partial charge on any atom is -0.330 e. The topological polar surface area (TPSA) is 26.0 Å². The SMILES string of the molecule is CC.CCCCN.Cc1ccc(Br)c(F)c1. The molecular weight excluding hydrogens is 269 g/mol. The van der Waals surface area contributed by atoms with Gasteiger partial charge in [-0.1, -0.05) is 33.3 Å². The largest absolute Gasteiger partial charge is 0.330 e. The van der Waals surface area contributed by atoms with Gasteiger partial charge in [0.15, 0.2) is 0 Å². The highest BCUT2D eigenvalue weighted by Crippen LogP contribution is 2.15. The predicted molar refractivity (Wildman–Crippen MR) is 74.1 cm³/mol. The fraction of sp³-hybridized carbons (Fsp3) is 0.538. The van der Waals surface area contributed by atoms with Crippen LogP contribution in [0.4, 0.5) is 4.39 Å². The molecule has 0 heterocycles. The van der Waals surface area contributed by atoms with Gasteiger partial charge in [0.1, 0.15) is 5.82 Å². The lowest BCUT2D eigenvalue weighted by Gasteiger charge is -1.93. The highest BCUT2D eigenvalue weighted by atomic mass is 79.9. The monoisotopic (exact) mass is 291 g/mol. The molecule has 0 saturated heterocycles. The Kier molecular flexibility index (Phi) is 14.2. The van der Waals surface area contributed by atoms with E-state index in [1.165, 1.54) is 18.9 Å². The van der Waals surface area contributed by atoms with E-state index < -0.39 is 0 Å². The molecule has 0 atom stereocenters. The second kappa shape index (κ2) is 12.7. The molecule has 1 nitrogen and oxygen atoms in total. The average Bonchev–Trinajstić information content (AvgIpc) is 2.29. The molecule has 0 spiro atoms. The van der Waals surface area contributed by atoms with Gasteiger partial charge in [0.2, 0.25) is 0 Å². The second-order valence-electron chi connectivity index (χ2n) is 3.06. The van der Waals surface area contributed by atoms with E-state index >= 15 is 0 Å². The molecule has 0 radical (unpaired) electrons. The van der Waals surface area contributed by atoms with Crippen LogP contribution in [0.3, 0.4) is 0 Å². The summed E-state index contributed by atoms with van der Waals surface area (Å²) >= 11 is 3.05. The minimum atomic E-state index is -0.199. The molecule has 0 fully saturated rings. The molecule has 0 aromatic heterocycles. The summed E-state index contributed by atoms with van der Waals surface area (Å²) in [7, 11) is 0. The van der Waals surface area contributed by atoms with Crippen LogP contribution in [0.2, 0.25) is 0 Å². The first kappa shape index (κ1) is 18.0. The molecule has 1 aromatic rings. The molecule has 0 aliphatic heterocycles. The van der Waals surface area contributed by atoms with Gasteiger partial charge in [-0.2, -0.15) is 0 Å². The summed E-state index contributed by atoms with van der Waals surface area (Å²) < 4.78 is 13.1. The van der Waals surface area contributed by atoms with E-state index in [4.69, 9.17) is 5.73 Å². The van der Waals surface area contributed by atoms with Gasteiger partial charge in [-0.05, 0) is 53.5 Å². The molecule has 94 valence electrons. The Morgan fingerprint density at radius 1 is 1.31 bits per heavy atom. The van der Waals surface area contributed by atoms with Crippen LogP contribution in [0.1, 0.15) is 39.2 Å². The lowest BCUT2D eigenvalue weighted by Crippen LogP contribution is -1.95. The van der Waals surface area contributed by atoms with E-state index in [0.29, 0.717) is 4.47 Å². The summed E-state index contributed by atoms with van der Waals surface area (Å²) in [4.78, 5) is 0. The molecule has 3 heteroatoms. The van der Waals surface area contributed by atoms with Gasteiger partial charge in [-0.25, -0.2) is 4.39 Å². The van der Waals surface area contributed by atoms with Crippen molar-refractivity contribution in [1.29, 1.82) is 0 Å². The highest BCUT2D eigenvalue weighted by Gasteiger charge is 1.95. The number of unbranched alkanes of at least 4 members (excludes halogenated alkanes) is 1. The highest BCUT2D eigenvalue weighted by molar-refractivity contribution is 9.10. The van der Waals surface area contributed by atoms with Crippen LogP contribution in [0.5, 0.6) is 0 Å². The molecule has 2 N–H and O–H groups in total. The second-order valence-corrected chi connectivity index (χ2v) is 3.91. The Bertz CT molecular complexity index is 262. The lowest BCUT2D eigenvalue weighted by molar-refractivity contribution is 0.620. The standard InChI is InChI=1S/C7H6BrF.C4H11N.C2H6/c1-5-2-3-6(8)7(9)4-5;1-2-3-4-5;1-2/h2-4H,1H3;2-5H2,1H3;1-2H3. The third kappa shape index (κ3) is 10.1. The third-order valence-corrected chi connectivity index (χ3v) is 2.28. The summed E-state index contributed by atoms with van der Waals surface area (Å²) in [5.41, 5.74) is 6.08. The molecular formula is C13H23BrFN. The van der Waals surface area contributed by atoms with Gasteiger partial charge < -0.3 is 5.73 Å². The van der Waals surface area contributed by atoms with Crippen LogP contribution in [0, 0.1) is 12.7 Å². The Balaban J connectivity index is 0. The van der Waals surface area contributed by atoms with Gasteiger partial charge >= 0.3 is 0 Å². The molecule has 0 unspecified atom stereocenters. The summed E-state index contributed by atoms with van der Waals surface area (Å²) in [5.74, 6) is -0.199. The van der Waals surface area contributed by atoms with E-state index in [9.17, 15) is 4.39 Å². The number of hydrogen-bond donors (Lipinski definition) is 1. The van der Waals surface area contributed by atoms with Crippen molar-refractivity contribution in [3.63, 3.8) is 0 Å². The average molecular weight is 292 g/mol. The van der Waals surface area contributed by atoms with Crippen LogP contribution in [0.15, 0.2) is 22.7 Å². The predicted octanol–water partition coefficient (Wildman–Crippen LogP) is 4.67. The normalized spacial score (nSPS) is 8.44. The van der Waals surface area contributed by atoms with Gasteiger partial charge in [-0.3, -0.25) is 0 Å². The van der Waals surface area contributed by atoms with Gasteiger partial charge in [0.25, 0.3) is 0 Å². The van der Waals surface area contributed by atoms with Crippen molar-refractivity contribution in [2.75, 3.05) is 6.54 Å². The Morgan fingerprint density at radius 2 is 1.88 bits per heavy atom. The molecule has 0 aliphatic carbocycles. The van der Waals surface area contributed by atoms with Crippen LogP contribution in [0.25, 0.3) is 0 Å². The molecule has 0 bridgehead atoms. The first-order chi connectivity index (χ1) is 7.61. The van der Waals surface area contributed by atoms with Crippen molar-refractivity contribution >= 4 is 15.9 Å². The van der Waals surface area contributed by atoms with Gasteiger partial charge in [-0.15, -0.1) is 0 Å². The Labute approximate surface area is 107 Å². The van der Waals surface area contributed by atoms with E-state index in [1.54, 1.807) is 6.07 Å². The summed E-state index contributed by atoms with van der Waals surface area (Å²) in [5, 5.41) is 0. The van der Waals surface area contributed by atoms with Crippen molar-refractivity contribution < 1.29 is 4.39 Å². The van der Waals surface area contributed by atoms with E-state index in [2.05, 4.69) is 22.9 Å². The number of nitrogens with two attached hydrogens (primary N) is 1. The molecule has 0 aliphatic rings. The fourth-order valence-electron chi connectivity index (χ4n) is 0.805. The lowest BCUT2D eigenvalue weighted by atomic mass is 10.2. The number of rotatable bonds is 2. The van der Waals surface area contributed by atoms with Gasteiger partial charge in [0, 0.05) is 0 Å². The van der Waals surface area contributed by atoms with Crippen molar-refractivity contribution in [3.8, 4) is 0 Å². The quantitative estimate of drug-likeness (QED) is 0.842. The summed E-state index contributed by atoms with van der Waals surface area (Å²) in [6, 6.07) is 5.04. The Hall–Kier alpha value is -0.410. The smallest absolute Gasteiger partial charge is 0.137 e. The maximum Gasteiger partial charge on any atom is 0.137 e. The summed E-state index contributed by atoms with van der Waals surface area (Å²) in [6.45, 7) is 8.83. The zero-order valence-corrected chi connectivity index (χ0v) is 12.3. The third-order valence-electron chi connectivity index (χ3n) is 1.63. The van der Waals surface area contributed by atoms with E-state index in [1.807, 2.05) is 26.8 Å². The van der Waals surface area contributed by atoms with Crippen molar-refractivity contribution in [1.82, 2.24) is 0 Å². The van der Waals surface area contributed by atoms with Crippen LogP contribution >= 0.6 is 15.9 Å². The van der Waals surface area contributed by atoms with E-state index in [-0.39, 0.29) is 5.82 Å². The maximum atomic E-state index is 12.5. The molecule has 0 saturated carbocycles. The summed E-state index contributed by atoms with van der Waals surface area (Å²) in [6.07, 6.45) is 2.39. The van der Waals surface area contributed by atoms with Crippen LogP contribution < -0.4 is 5.73 Å². The van der Waals surface area contributed by atoms with Crippen molar-refractivity contribution in [3.05, 3.63) is 34.1 Å². The molecule has 1 aromatic carbocycles. The van der Waals surface area contributed by atoms with Crippen LogP contribution in [-0.4, -0.2) is 6.54 Å². The first-order valence-corrected chi connectivity index (χ1v) is 6.52. The number of hydrogen-bond acceptors (Lipinski definition) is 1. The molecule has 0 amide bonds. The van der Waals surface area contributed by atoms with Crippen molar-refractivity contribution in [2.24, 2.45) is 5.73 Å². The van der Waals surface area contributed by atoms with Gasteiger partial charge in [0.05, 0.1) is 4.47 Å². The zero-order valence-electron chi connectivity index (χ0n) is 10.7. The van der Waals surface area contributed by atoms with Crippen molar-refractivity contribution in [2.45, 2.75) is 40.5 Å². The number of halogens is 2. The Morgan fingerprint density at radius 3 is 2.12 bits per heavy atom.